The Hall–Kier alpha value is -1.42. The standard InChI is InChI=1S/C17H25FN2O/c1-20(2)17(15-7-9-16(18)10-8-15)14-5-3-13(4-6-14)11-12-19-21/h7-10,12-14,17,21H,3-6,11H2,1-2H3. The predicted octanol–water partition coefficient (Wildman–Crippen LogP) is 4.08. The molecule has 116 valence electrons. The molecule has 1 saturated carbocycles. The first kappa shape index (κ1) is 16.0. The van der Waals surface area contributed by atoms with E-state index in [0.29, 0.717) is 17.9 Å². The van der Waals surface area contributed by atoms with Crippen molar-refractivity contribution in [1.82, 2.24) is 4.90 Å². The molecule has 1 aromatic rings. The van der Waals surface area contributed by atoms with Crippen molar-refractivity contribution in [3.8, 4) is 0 Å². The fourth-order valence-electron chi connectivity index (χ4n) is 3.59. The van der Waals surface area contributed by atoms with E-state index in [1.807, 2.05) is 12.1 Å². The topological polar surface area (TPSA) is 35.8 Å². The monoisotopic (exact) mass is 292 g/mol. The molecule has 2 rings (SSSR count). The lowest BCUT2D eigenvalue weighted by atomic mass is 9.75. The van der Waals surface area contributed by atoms with Gasteiger partial charge in [-0.3, -0.25) is 0 Å². The molecule has 0 spiro atoms. The van der Waals surface area contributed by atoms with Crippen molar-refractivity contribution in [2.75, 3.05) is 14.1 Å². The number of hydrogen-bond acceptors (Lipinski definition) is 3. The molecule has 4 heteroatoms. The third-order valence-electron chi connectivity index (χ3n) is 4.63. The molecule has 1 atom stereocenters. The largest absolute Gasteiger partial charge is 0.411 e. The highest BCUT2D eigenvalue weighted by molar-refractivity contribution is 5.56. The van der Waals surface area contributed by atoms with Crippen LogP contribution in [-0.4, -0.2) is 30.4 Å². The van der Waals surface area contributed by atoms with Crippen LogP contribution in [0.1, 0.15) is 43.7 Å². The highest BCUT2D eigenvalue weighted by Gasteiger charge is 2.29. The summed E-state index contributed by atoms with van der Waals surface area (Å²) in [6.07, 6.45) is 7.15. The van der Waals surface area contributed by atoms with Crippen molar-refractivity contribution < 1.29 is 9.60 Å². The van der Waals surface area contributed by atoms with Crippen molar-refractivity contribution >= 4 is 6.21 Å². The van der Waals surface area contributed by atoms with E-state index in [4.69, 9.17) is 5.21 Å². The third-order valence-corrected chi connectivity index (χ3v) is 4.63. The zero-order valence-electron chi connectivity index (χ0n) is 12.9. The Morgan fingerprint density at radius 1 is 1.24 bits per heavy atom. The smallest absolute Gasteiger partial charge is 0.123 e. The molecule has 0 heterocycles. The summed E-state index contributed by atoms with van der Waals surface area (Å²) in [4.78, 5) is 2.24. The number of benzene rings is 1. The molecule has 3 nitrogen and oxygen atoms in total. The zero-order valence-corrected chi connectivity index (χ0v) is 12.9. The maximum atomic E-state index is 13.1. The Bertz CT molecular complexity index is 450. The molecule has 0 saturated heterocycles. The molecule has 21 heavy (non-hydrogen) atoms. The van der Waals surface area contributed by atoms with E-state index in [-0.39, 0.29) is 5.82 Å². The summed E-state index contributed by atoms with van der Waals surface area (Å²) >= 11 is 0. The van der Waals surface area contributed by atoms with Crippen LogP contribution in [0.2, 0.25) is 0 Å². The first-order chi connectivity index (χ1) is 10.1. The van der Waals surface area contributed by atoms with Crippen LogP contribution >= 0.6 is 0 Å². The van der Waals surface area contributed by atoms with Crippen molar-refractivity contribution in [3.63, 3.8) is 0 Å². The van der Waals surface area contributed by atoms with Crippen molar-refractivity contribution in [2.24, 2.45) is 17.0 Å². The fourth-order valence-corrected chi connectivity index (χ4v) is 3.59. The van der Waals surface area contributed by atoms with E-state index in [1.165, 1.54) is 31.2 Å². The minimum Gasteiger partial charge on any atom is -0.411 e. The van der Waals surface area contributed by atoms with Gasteiger partial charge in [0.05, 0.1) is 0 Å². The van der Waals surface area contributed by atoms with E-state index in [1.54, 1.807) is 18.3 Å². The number of nitrogens with zero attached hydrogens (tertiary/aromatic N) is 2. The minimum absolute atomic E-state index is 0.178. The van der Waals surface area contributed by atoms with Crippen LogP contribution in [0.15, 0.2) is 29.4 Å². The summed E-state index contributed by atoms with van der Waals surface area (Å²) in [7, 11) is 4.19. The van der Waals surface area contributed by atoms with Gasteiger partial charge in [0.25, 0.3) is 0 Å². The first-order valence-corrected chi connectivity index (χ1v) is 7.69. The van der Waals surface area contributed by atoms with Crippen LogP contribution < -0.4 is 0 Å². The van der Waals surface area contributed by atoms with Crippen molar-refractivity contribution in [3.05, 3.63) is 35.6 Å². The molecule has 0 aromatic heterocycles. The molecule has 0 bridgehead atoms. The van der Waals surface area contributed by atoms with E-state index in [9.17, 15) is 4.39 Å². The van der Waals surface area contributed by atoms with Gasteiger partial charge in [-0.2, -0.15) is 0 Å². The maximum absolute atomic E-state index is 13.1. The van der Waals surface area contributed by atoms with Gasteiger partial charge in [-0.05, 0) is 75.7 Å². The molecule has 1 aromatic carbocycles. The highest BCUT2D eigenvalue weighted by atomic mass is 19.1. The predicted molar refractivity (Wildman–Crippen MR) is 83.2 cm³/mol. The molecular formula is C17H25FN2O. The molecule has 0 radical (unpaired) electrons. The lowest BCUT2D eigenvalue weighted by molar-refractivity contribution is 0.151. The Morgan fingerprint density at radius 3 is 2.38 bits per heavy atom. The SMILES string of the molecule is CN(C)C(c1ccc(F)cc1)C1CCC(CC=NO)CC1. The van der Waals surface area contributed by atoms with Crippen LogP contribution in [0.3, 0.4) is 0 Å². The van der Waals surface area contributed by atoms with Crippen molar-refractivity contribution in [1.29, 1.82) is 0 Å². The van der Waals surface area contributed by atoms with E-state index in [2.05, 4.69) is 24.2 Å². The fraction of sp³-hybridized carbons (Fsp3) is 0.588. The first-order valence-electron chi connectivity index (χ1n) is 7.69. The summed E-state index contributed by atoms with van der Waals surface area (Å²) < 4.78 is 13.1. The second-order valence-corrected chi connectivity index (χ2v) is 6.27. The lowest BCUT2D eigenvalue weighted by Gasteiger charge is -2.37. The second-order valence-electron chi connectivity index (χ2n) is 6.27. The van der Waals surface area contributed by atoms with E-state index in [0.717, 1.165) is 6.42 Å². The Labute approximate surface area is 126 Å². The number of oxime groups is 1. The summed E-state index contributed by atoms with van der Waals surface area (Å²) in [5, 5.41) is 11.6. The minimum atomic E-state index is -0.178. The number of halogens is 1. The summed E-state index contributed by atoms with van der Waals surface area (Å²) in [5.41, 5.74) is 1.20. The van der Waals surface area contributed by atoms with Crippen LogP contribution in [0.4, 0.5) is 4.39 Å². The lowest BCUT2D eigenvalue weighted by Crippen LogP contribution is -2.30. The molecule has 0 amide bonds. The summed E-state index contributed by atoms with van der Waals surface area (Å²) in [5.74, 6) is 1.06. The normalized spacial score (nSPS) is 24.6. The Balaban J connectivity index is 2.02. The van der Waals surface area contributed by atoms with Crippen LogP contribution in [0.5, 0.6) is 0 Å². The van der Waals surface area contributed by atoms with Gasteiger partial charge in [-0.15, -0.1) is 5.16 Å². The maximum Gasteiger partial charge on any atom is 0.123 e. The molecular weight excluding hydrogens is 267 g/mol. The van der Waals surface area contributed by atoms with Gasteiger partial charge in [-0.1, -0.05) is 12.1 Å². The Morgan fingerprint density at radius 2 is 1.86 bits per heavy atom. The number of hydrogen-bond donors (Lipinski definition) is 1. The van der Waals surface area contributed by atoms with Gasteiger partial charge in [0.1, 0.15) is 5.82 Å². The van der Waals surface area contributed by atoms with Gasteiger partial charge in [-0.25, -0.2) is 4.39 Å². The molecule has 1 aliphatic rings. The average Bonchev–Trinajstić information content (AvgIpc) is 2.48. The van der Waals surface area contributed by atoms with Gasteiger partial charge in [0.15, 0.2) is 0 Å². The zero-order chi connectivity index (χ0) is 15.2. The third kappa shape index (κ3) is 4.27. The van der Waals surface area contributed by atoms with Crippen LogP contribution in [-0.2, 0) is 0 Å². The van der Waals surface area contributed by atoms with Gasteiger partial charge in [0.2, 0.25) is 0 Å². The number of rotatable bonds is 5. The van der Waals surface area contributed by atoms with E-state index < -0.39 is 0 Å². The van der Waals surface area contributed by atoms with Crippen molar-refractivity contribution in [2.45, 2.75) is 38.1 Å². The molecule has 0 aliphatic heterocycles. The molecule has 1 aliphatic carbocycles. The second kappa shape index (κ2) is 7.55. The summed E-state index contributed by atoms with van der Waals surface area (Å²) in [6.45, 7) is 0. The average molecular weight is 292 g/mol. The quantitative estimate of drug-likeness (QED) is 0.504. The molecule has 1 unspecified atom stereocenters. The molecule has 1 fully saturated rings. The summed E-state index contributed by atoms with van der Waals surface area (Å²) in [6, 6.07) is 7.26. The highest BCUT2D eigenvalue weighted by Crippen LogP contribution is 2.39. The van der Waals surface area contributed by atoms with Crippen LogP contribution in [0, 0.1) is 17.7 Å². The van der Waals surface area contributed by atoms with Gasteiger partial charge in [0, 0.05) is 12.3 Å². The van der Waals surface area contributed by atoms with Gasteiger partial charge < -0.3 is 10.1 Å². The van der Waals surface area contributed by atoms with E-state index >= 15 is 0 Å². The Kier molecular flexibility index (Phi) is 5.74. The van der Waals surface area contributed by atoms with Crippen LogP contribution in [0.25, 0.3) is 0 Å². The van der Waals surface area contributed by atoms with Gasteiger partial charge >= 0.3 is 0 Å². The molecule has 1 N–H and O–H groups in total.